The molecule has 1 heterocycles. The predicted octanol–water partition coefficient (Wildman–Crippen LogP) is 3.92. The van der Waals surface area contributed by atoms with Gasteiger partial charge < -0.3 is 14.5 Å². The van der Waals surface area contributed by atoms with Gasteiger partial charge in [-0.05, 0) is 61.8 Å². The molecular formula is C22H28N2O2. The van der Waals surface area contributed by atoms with Crippen LogP contribution in [0.4, 0.5) is 0 Å². The summed E-state index contributed by atoms with van der Waals surface area (Å²) in [5, 5.41) is 0. The lowest BCUT2D eigenvalue weighted by Crippen LogP contribution is -2.45. The number of benzene rings is 2. The number of nitrogens with zero attached hydrogens (tertiary/aromatic N) is 2. The summed E-state index contributed by atoms with van der Waals surface area (Å²) in [4.78, 5) is 17.0. The van der Waals surface area contributed by atoms with Gasteiger partial charge in [0.05, 0.1) is 7.11 Å². The second kappa shape index (κ2) is 8.37. The molecule has 1 fully saturated rings. The van der Waals surface area contributed by atoms with Crippen LogP contribution < -0.4 is 4.74 Å². The van der Waals surface area contributed by atoms with Crippen molar-refractivity contribution in [1.82, 2.24) is 9.80 Å². The number of hydrogen-bond acceptors (Lipinski definition) is 3. The Labute approximate surface area is 156 Å². The Morgan fingerprint density at radius 3 is 2.62 bits per heavy atom. The highest BCUT2D eigenvalue weighted by Crippen LogP contribution is 2.24. The molecule has 0 N–H and O–H groups in total. The van der Waals surface area contributed by atoms with Crippen molar-refractivity contribution < 1.29 is 9.53 Å². The Morgan fingerprint density at radius 1 is 1.15 bits per heavy atom. The van der Waals surface area contributed by atoms with E-state index in [9.17, 15) is 4.79 Å². The molecule has 0 saturated carbocycles. The number of rotatable bonds is 5. The lowest BCUT2D eigenvalue weighted by molar-refractivity contribution is 0.0717. The van der Waals surface area contributed by atoms with Crippen molar-refractivity contribution in [3.63, 3.8) is 0 Å². The summed E-state index contributed by atoms with van der Waals surface area (Å²) < 4.78 is 5.29. The molecule has 138 valence electrons. The fraction of sp³-hybridized carbons (Fsp3) is 0.409. The number of carbonyl (C=O) groups excluding carboxylic acids is 1. The van der Waals surface area contributed by atoms with Crippen LogP contribution in [0.25, 0.3) is 11.1 Å². The number of likely N-dealkylation sites (N-methyl/N-ethyl adjacent to an activating group) is 2. The molecule has 1 saturated heterocycles. The topological polar surface area (TPSA) is 32.8 Å². The van der Waals surface area contributed by atoms with Gasteiger partial charge in [0, 0.05) is 25.2 Å². The van der Waals surface area contributed by atoms with Gasteiger partial charge in [0.15, 0.2) is 0 Å². The first kappa shape index (κ1) is 18.5. The normalized spacial score (nSPS) is 17.7. The zero-order chi connectivity index (χ0) is 18.5. The molecule has 0 radical (unpaired) electrons. The van der Waals surface area contributed by atoms with Gasteiger partial charge in [-0.3, -0.25) is 4.79 Å². The van der Waals surface area contributed by atoms with Gasteiger partial charge in [-0.1, -0.05) is 30.7 Å². The van der Waals surface area contributed by atoms with E-state index in [-0.39, 0.29) is 5.91 Å². The highest BCUT2D eigenvalue weighted by Gasteiger charge is 2.22. The number of amides is 1. The van der Waals surface area contributed by atoms with Crippen molar-refractivity contribution in [2.24, 2.45) is 0 Å². The number of carbonyl (C=O) groups is 1. The maximum absolute atomic E-state index is 12.8. The van der Waals surface area contributed by atoms with E-state index >= 15 is 0 Å². The molecule has 1 aliphatic rings. The fourth-order valence-electron chi connectivity index (χ4n) is 3.60. The average Bonchev–Trinajstić information content (AvgIpc) is 2.69. The molecule has 0 spiro atoms. The first-order valence-corrected chi connectivity index (χ1v) is 9.28. The molecule has 4 heteroatoms. The van der Waals surface area contributed by atoms with Gasteiger partial charge >= 0.3 is 0 Å². The quantitative estimate of drug-likeness (QED) is 0.818. The van der Waals surface area contributed by atoms with Crippen molar-refractivity contribution in [3.05, 3.63) is 54.1 Å². The molecule has 2 aromatic rings. The summed E-state index contributed by atoms with van der Waals surface area (Å²) in [6.07, 6.45) is 3.69. The molecule has 0 unspecified atom stereocenters. The van der Waals surface area contributed by atoms with Gasteiger partial charge in [0.25, 0.3) is 5.91 Å². The van der Waals surface area contributed by atoms with Crippen LogP contribution in [0.3, 0.4) is 0 Å². The van der Waals surface area contributed by atoms with Crippen LogP contribution in [-0.4, -0.2) is 56.0 Å². The molecule has 2 aromatic carbocycles. The van der Waals surface area contributed by atoms with Crippen LogP contribution in [0.2, 0.25) is 0 Å². The van der Waals surface area contributed by atoms with E-state index in [4.69, 9.17) is 4.74 Å². The lowest BCUT2D eigenvalue weighted by atomic mass is 10.0. The molecule has 26 heavy (non-hydrogen) atoms. The van der Waals surface area contributed by atoms with Crippen LogP contribution in [-0.2, 0) is 0 Å². The van der Waals surface area contributed by atoms with Crippen molar-refractivity contribution in [1.29, 1.82) is 0 Å². The van der Waals surface area contributed by atoms with Gasteiger partial charge in [-0.15, -0.1) is 0 Å². The van der Waals surface area contributed by atoms with E-state index in [0.717, 1.165) is 35.5 Å². The highest BCUT2D eigenvalue weighted by molar-refractivity contribution is 5.94. The van der Waals surface area contributed by atoms with E-state index in [2.05, 4.69) is 11.9 Å². The van der Waals surface area contributed by atoms with Crippen molar-refractivity contribution in [2.45, 2.75) is 25.3 Å². The number of hydrogen-bond donors (Lipinski definition) is 0. The van der Waals surface area contributed by atoms with Crippen LogP contribution >= 0.6 is 0 Å². The fourth-order valence-corrected chi connectivity index (χ4v) is 3.60. The Kier molecular flexibility index (Phi) is 5.94. The van der Waals surface area contributed by atoms with Crippen molar-refractivity contribution in [3.8, 4) is 16.9 Å². The van der Waals surface area contributed by atoms with Gasteiger partial charge in [-0.2, -0.15) is 0 Å². The Bertz CT molecular complexity index is 742. The summed E-state index contributed by atoms with van der Waals surface area (Å²) in [6, 6.07) is 16.3. The molecule has 1 atom stereocenters. The minimum absolute atomic E-state index is 0.0844. The van der Waals surface area contributed by atoms with E-state index in [0.29, 0.717) is 6.04 Å². The third-order valence-corrected chi connectivity index (χ3v) is 5.29. The second-order valence-electron chi connectivity index (χ2n) is 7.13. The first-order chi connectivity index (χ1) is 12.6. The third kappa shape index (κ3) is 4.25. The summed E-state index contributed by atoms with van der Waals surface area (Å²) in [5.41, 5.74) is 2.90. The number of likely N-dealkylation sites (tertiary alicyclic amines) is 1. The van der Waals surface area contributed by atoms with Crippen LogP contribution in [0, 0.1) is 0 Å². The lowest BCUT2D eigenvalue weighted by Gasteiger charge is -2.35. The molecule has 0 bridgehead atoms. The molecule has 0 aliphatic carbocycles. The maximum Gasteiger partial charge on any atom is 0.253 e. The number of methoxy groups -OCH3 is 1. The molecule has 1 amide bonds. The summed E-state index contributed by atoms with van der Waals surface area (Å²) in [7, 11) is 5.73. The maximum atomic E-state index is 12.8. The number of ether oxygens (including phenoxy) is 1. The first-order valence-electron chi connectivity index (χ1n) is 9.28. The van der Waals surface area contributed by atoms with Gasteiger partial charge in [0.1, 0.15) is 5.75 Å². The largest absolute Gasteiger partial charge is 0.497 e. The van der Waals surface area contributed by atoms with Crippen LogP contribution in [0.1, 0.15) is 29.6 Å². The minimum Gasteiger partial charge on any atom is -0.497 e. The summed E-state index contributed by atoms with van der Waals surface area (Å²) in [5.74, 6) is 0.917. The smallest absolute Gasteiger partial charge is 0.253 e. The van der Waals surface area contributed by atoms with Crippen molar-refractivity contribution in [2.75, 3.05) is 34.3 Å². The van der Waals surface area contributed by atoms with Crippen LogP contribution in [0.15, 0.2) is 48.5 Å². The number of piperidine rings is 1. The van der Waals surface area contributed by atoms with E-state index in [1.165, 1.54) is 19.3 Å². The molecule has 3 rings (SSSR count). The molecule has 1 aliphatic heterocycles. The highest BCUT2D eigenvalue weighted by atomic mass is 16.5. The zero-order valence-corrected chi connectivity index (χ0v) is 15.9. The standard InChI is InChI=1S/C22H28N2O2/c1-23-14-5-4-8-20(23)16-24(2)22(25)18-12-10-17(11-13-18)19-7-6-9-21(15-19)26-3/h6-7,9-13,15,20H,4-5,8,14,16H2,1-3H3/t20-/m0/s1. The van der Waals surface area contributed by atoms with Crippen LogP contribution in [0.5, 0.6) is 5.75 Å². The Balaban J connectivity index is 1.68. The third-order valence-electron chi connectivity index (χ3n) is 5.29. The Hall–Kier alpha value is -2.33. The Morgan fingerprint density at radius 2 is 1.92 bits per heavy atom. The average molecular weight is 352 g/mol. The van der Waals surface area contributed by atoms with Gasteiger partial charge in [-0.25, -0.2) is 0 Å². The molecule has 4 nitrogen and oxygen atoms in total. The summed E-state index contributed by atoms with van der Waals surface area (Å²) >= 11 is 0. The monoisotopic (exact) mass is 352 g/mol. The SMILES string of the molecule is COc1cccc(-c2ccc(C(=O)N(C)C[C@@H]3CCCCN3C)cc2)c1. The second-order valence-corrected chi connectivity index (χ2v) is 7.13. The molecule has 0 aromatic heterocycles. The summed E-state index contributed by atoms with van der Waals surface area (Å²) in [6.45, 7) is 1.91. The van der Waals surface area contributed by atoms with E-state index in [1.807, 2.05) is 60.5 Å². The van der Waals surface area contributed by atoms with Crippen molar-refractivity contribution >= 4 is 5.91 Å². The predicted molar refractivity (Wildman–Crippen MR) is 106 cm³/mol. The zero-order valence-electron chi connectivity index (χ0n) is 15.9. The van der Waals surface area contributed by atoms with E-state index in [1.54, 1.807) is 7.11 Å². The van der Waals surface area contributed by atoms with E-state index < -0.39 is 0 Å². The molecular weight excluding hydrogens is 324 g/mol. The minimum atomic E-state index is 0.0844. The van der Waals surface area contributed by atoms with Gasteiger partial charge in [0.2, 0.25) is 0 Å².